The van der Waals surface area contributed by atoms with Crippen LogP contribution in [0.15, 0.2) is 0 Å². The molecule has 5 nitrogen and oxygen atoms in total. The standard InChI is InChI=1S/C15H31N3O2/c1-19-12-13-20-11-10-17-6-2-15(3-7-17)14-18-8-4-16-5-9-18/h15-16H,2-14H2,1H3. The van der Waals surface area contributed by atoms with Crippen LogP contribution in [0.5, 0.6) is 0 Å². The van der Waals surface area contributed by atoms with E-state index in [9.17, 15) is 0 Å². The maximum atomic E-state index is 5.54. The molecule has 0 atom stereocenters. The third-order valence-corrected chi connectivity index (χ3v) is 4.42. The number of hydrogen-bond acceptors (Lipinski definition) is 5. The van der Waals surface area contributed by atoms with Gasteiger partial charge < -0.3 is 24.6 Å². The van der Waals surface area contributed by atoms with E-state index in [4.69, 9.17) is 9.47 Å². The van der Waals surface area contributed by atoms with E-state index in [1.165, 1.54) is 45.6 Å². The van der Waals surface area contributed by atoms with Crippen LogP contribution in [-0.2, 0) is 9.47 Å². The van der Waals surface area contributed by atoms with Crippen LogP contribution >= 0.6 is 0 Å². The Bertz CT molecular complexity index is 239. The zero-order valence-electron chi connectivity index (χ0n) is 13.0. The van der Waals surface area contributed by atoms with Crippen molar-refractivity contribution < 1.29 is 9.47 Å². The molecule has 0 amide bonds. The molecule has 0 saturated carbocycles. The van der Waals surface area contributed by atoms with Crippen molar-refractivity contribution in [3.63, 3.8) is 0 Å². The lowest BCUT2D eigenvalue weighted by molar-refractivity contribution is 0.0487. The van der Waals surface area contributed by atoms with Crippen LogP contribution in [-0.4, -0.2) is 89.1 Å². The van der Waals surface area contributed by atoms with Crippen LogP contribution in [0.4, 0.5) is 0 Å². The van der Waals surface area contributed by atoms with E-state index < -0.39 is 0 Å². The molecule has 2 fully saturated rings. The summed E-state index contributed by atoms with van der Waals surface area (Å²) in [6.45, 7) is 11.9. The van der Waals surface area contributed by atoms with E-state index >= 15 is 0 Å². The van der Waals surface area contributed by atoms with Crippen LogP contribution in [0.3, 0.4) is 0 Å². The summed E-state index contributed by atoms with van der Waals surface area (Å²) in [7, 11) is 1.71. The number of hydrogen-bond donors (Lipinski definition) is 1. The largest absolute Gasteiger partial charge is 0.382 e. The molecule has 1 N–H and O–H groups in total. The quantitative estimate of drug-likeness (QED) is 0.648. The van der Waals surface area contributed by atoms with Gasteiger partial charge in [0.15, 0.2) is 0 Å². The molecule has 20 heavy (non-hydrogen) atoms. The molecular formula is C15H31N3O2. The fraction of sp³-hybridized carbons (Fsp3) is 1.00. The Morgan fingerprint density at radius 2 is 1.70 bits per heavy atom. The fourth-order valence-corrected chi connectivity index (χ4v) is 3.09. The predicted octanol–water partition coefficient (Wildman–Crippen LogP) is 0.267. The fourth-order valence-electron chi connectivity index (χ4n) is 3.09. The van der Waals surface area contributed by atoms with Gasteiger partial charge in [-0.1, -0.05) is 0 Å². The molecule has 0 aromatic carbocycles. The molecular weight excluding hydrogens is 254 g/mol. The van der Waals surface area contributed by atoms with Crippen LogP contribution in [0.1, 0.15) is 12.8 Å². The second-order valence-electron chi connectivity index (χ2n) is 5.94. The van der Waals surface area contributed by atoms with Gasteiger partial charge in [-0.3, -0.25) is 0 Å². The van der Waals surface area contributed by atoms with E-state index in [1.54, 1.807) is 7.11 Å². The lowest BCUT2D eigenvalue weighted by atomic mass is 9.96. The highest BCUT2D eigenvalue weighted by atomic mass is 16.5. The van der Waals surface area contributed by atoms with Gasteiger partial charge in [0.1, 0.15) is 0 Å². The lowest BCUT2D eigenvalue weighted by Gasteiger charge is -2.36. The average Bonchev–Trinajstić information content (AvgIpc) is 2.50. The maximum absolute atomic E-state index is 5.54. The summed E-state index contributed by atoms with van der Waals surface area (Å²) in [6.07, 6.45) is 2.70. The molecule has 5 heteroatoms. The molecule has 0 bridgehead atoms. The van der Waals surface area contributed by atoms with Crippen molar-refractivity contribution >= 4 is 0 Å². The second-order valence-corrected chi connectivity index (χ2v) is 5.94. The van der Waals surface area contributed by atoms with Crippen LogP contribution in [0.25, 0.3) is 0 Å². The van der Waals surface area contributed by atoms with E-state index in [-0.39, 0.29) is 0 Å². The van der Waals surface area contributed by atoms with Crippen molar-refractivity contribution in [3.05, 3.63) is 0 Å². The summed E-state index contributed by atoms with van der Waals surface area (Å²) >= 11 is 0. The van der Waals surface area contributed by atoms with Gasteiger partial charge in [0.05, 0.1) is 19.8 Å². The van der Waals surface area contributed by atoms with Crippen molar-refractivity contribution in [2.45, 2.75) is 12.8 Å². The molecule has 2 aliphatic heterocycles. The first-order chi connectivity index (χ1) is 9.88. The minimum atomic E-state index is 0.701. The highest BCUT2D eigenvalue weighted by Crippen LogP contribution is 2.18. The topological polar surface area (TPSA) is 37.0 Å². The van der Waals surface area contributed by atoms with E-state index in [2.05, 4.69) is 15.1 Å². The second kappa shape index (κ2) is 9.68. The summed E-state index contributed by atoms with van der Waals surface area (Å²) < 4.78 is 10.5. The summed E-state index contributed by atoms with van der Waals surface area (Å²) in [5.74, 6) is 0.902. The van der Waals surface area contributed by atoms with Gasteiger partial charge in [0, 0.05) is 46.4 Å². The normalized spacial score (nSPS) is 23.2. The maximum Gasteiger partial charge on any atom is 0.0700 e. The van der Waals surface area contributed by atoms with Gasteiger partial charge in [-0.2, -0.15) is 0 Å². The molecule has 118 valence electrons. The Morgan fingerprint density at radius 3 is 2.40 bits per heavy atom. The SMILES string of the molecule is COCCOCCN1CCC(CN2CCNCC2)CC1. The Labute approximate surface area is 123 Å². The minimum Gasteiger partial charge on any atom is -0.382 e. The van der Waals surface area contributed by atoms with Gasteiger partial charge in [0.2, 0.25) is 0 Å². The van der Waals surface area contributed by atoms with Crippen LogP contribution in [0, 0.1) is 5.92 Å². The minimum absolute atomic E-state index is 0.701. The van der Waals surface area contributed by atoms with E-state index in [0.29, 0.717) is 6.61 Å². The molecule has 2 saturated heterocycles. The van der Waals surface area contributed by atoms with Crippen LogP contribution < -0.4 is 5.32 Å². The number of ether oxygens (including phenoxy) is 2. The summed E-state index contributed by atoms with van der Waals surface area (Å²) in [5.41, 5.74) is 0. The third kappa shape index (κ3) is 6.06. The number of likely N-dealkylation sites (tertiary alicyclic amines) is 1. The molecule has 2 heterocycles. The van der Waals surface area contributed by atoms with Crippen molar-refractivity contribution in [2.75, 3.05) is 79.3 Å². The van der Waals surface area contributed by atoms with E-state index in [0.717, 1.165) is 38.8 Å². The Balaban J connectivity index is 1.51. The number of piperazine rings is 1. The van der Waals surface area contributed by atoms with Crippen LogP contribution in [0.2, 0.25) is 0 Å². The summed E-state index contributed by atoms with van der Waals surface area (Å²) in [6, 6.07) is 0. The highest BCUT2D eigenvalue weighted by Gasteiger charge is 2.21. The number of nitrogens with one attached hydrogen (secondary N) is 1. The molecule has 0 spiro atoms. The van der Waals surface area contributed by atoms with Gasteiger partial charge in [-0.25, -0.2) is 0 Å². The first kappa shape index (κ1) is 16.2. The van der Waals surface area contributed by atoms with Gasteiger partial charge >= 0.3 is 0 Å². The molecule has 0 aliphatic carbocycles. The summed E-state index contributed by atoms with van der Waals surface area (Å²) in [4.78, 5) is 5.17. The smallest absolute Gasteiger partial charge is 0.0700 e. The Morgan fingerprint density at radius 1 is 0.950 bits per heavy atom. The van der Waals surface area contributed by atoms with Gasteiger partial charge in [-0.05, 0) is 31.8 Å². The van der Waals surface area contributed by atoms with Gasteiger partial charge in [-0.15, -0.1) is 0 Å². The monoisotopic (exact) mass is 285 g/mol. The lowest BCUT2D eigenvalue weighted by Crippen LogP contribution is -2.47. The number of rotatable bonds is 8. The molecule has 0 radical (unpaired) electrons. The van der Waals surface area contributed by atoms with Crippen molar-refractivity contribution in [2.24, 2.45) is 5.92 Å². The Kier molecular flexibility index (Phi) is 7.83. The highest BCUT2D eigenvalue weighted by molar-refractivity contribution is 4.77. The van der Waals surface area contributed by atoms with Crippen molar-refractivity contribution in [3.8, 4) is 0 Å². The molecule has 2 rings (SSSR count). The average molecular weight is 285 g/mol. The summed E-state index contributed by atoms with van der Waals surface area (Å²) in [5, 5.41) is 3.42. The molecule has 0 unspecified atom stereocenters. The Hall–Kier alpha value is -0.200. The zero-order valence-corrected chi connectivity index (χ0v) is 13.0. The van der Waals surface area contributed by atoms with Gasteiger partial charge in [0.25, 0.3) is 0 Å². The number of nitrogens with zero attached hydrogens (tertiary/aromatic N) is 2. The number of methoxy groups -OCH3 is 1. The zero-order chi connectivity index (χ0) is 14.0. The first-order valence-corrected chi connectivity index (χ1v) is 8.10. The van der Waals surface area contributed by atoms with Crippen molar-refractivity contribution in [1.29, 1.82) is 0 Å². The third-order valence-electron chi connectivity index (χ3n) is 4.42. The molecule has 2 aliphatic rings. The molecule has 0 aromatic rings. The molecule has 0 aromatic heterocycles. The van der Waals surface area contributed by atoms with E-state index in [1.807, 2.05) is 0 Å². The predicted molar refractivity (Wildman–Crippen MR) is 81.2 cm³/mol. The van der Waals surface area contributed by atoms with Crippen molar-refractivity contribution in [1.82, 2.24) is 15.1 Å². The first-order valence-electron chi connectivity index (χ1n) is 8.10. The number of piperidine rings is 1.